The summed E-state index contributed by atoms with van der Waals surface area (Å²) in [6, 6.07) is 6.03. The smallest absolute Gasteiger partial charge is 0.256 e. The summed E-state index contributed by atoms with van der Waals surface area (Å²) in [5, 5.41) is 6.14. The number of sulfonamides is 1. The molecule has 0 fully saturated rings. The third-order valence-electron chi connectivity index (χ3n) is 6.08. The molecule has 7 nitrogen and oxygen atoms in total. The Hall–Kier alpha value is -2.23. The van der Waals surface area contributed by atoms with Crippen LogP contribution in [0.5, 0.6) is 0 Å². The van der Waals surface area contributed by atoms with Crippen molar-refractivity contribution in [3.63, 3.8) is 0 Å². The number of carbonyl (C=O) groups excluding carboxylic acids is 2. The van der Waals surface area contributed by atoms with Crippen LogP contribution in [-0.2, 0) is 22.9 Å². The average molecular weight is 520 g/mol. The Morgan fingerprint density at radius 1 is 1.06 bits per heavy atom. The minimum atomic E-state index is -3.67. The van der Waals surface area contributed by atoms with Gasteiger partial charge in [-0.1, -0.05) is 34.6 Å². The number of fused-ring (bicyclic) bond motifs is 1. The van der Waals surface area contributed by atoms with E-state index in [1.807, 2.05) is 27.7 Å². The van der Waals surface area contributed by atoms with Gasteiger partial charge in [0.2, 0.25) is 10.0 Å². The molecule has 1 aromatic carbocycles. The largest absolute Gasteiger partial charge is 0.355 e. The molecule has 0 saturated heterocycles. The van der Waals surface area contributed by atoms with Crippen LogP contribution in [0.25, 0.3) is 0 Å². The maximum Gasteiger partial charge on any atom is 0.256 e. The molecule has 1 aliphatic carbocycles. The molecule has 35 heavy (non-hydrogen) atoms. The number of nitrogens with one attached hydrogen (secondary N) is 2. The standard InChI is InChI=1S/C26H37N3O4S2/c1-16(2)14-29(15-17(3)4)35(32,33)20-10-8-19(9-11-20)24(30)28-26-23(25(31)27-6)21-12-7-18(5)13-22(21)34-26/h8-11,16-18H,7,12-15H2,1-6H3,(H,27,31)(H,28,30). The summed E-state index contributed by atoms with van der Waals surface area (Å²) >= 11 is 1.46. The van der Waals surface area contributed by atoms with Crippen LogP contribution in [0.15, 0.2) is 29.2 Å². The van der Waals surface area contributed by atoms with Crippen molar-refractivity contribution < 1.29 is 18.0 Å². The van der Waals surface area contributed by atoms with Gasteiger partial charge >= 0.3 is 0 Å². The summed E-state index contributed by atoms with van der Waals surface area (Å²) in [6.45, 7) is 11.0. The van der Waals surface area contributed by atoms with E-state index in [1.54, 1.807) is 7.05 Å². The normalized spacial score (nSPS) is 16.0. The third-order valence-corrected chi connectivity index (χ3v) is 9.10. The van der Waals surface area contributed by atoms with Crippen molar-refractivity contribution in [2.75, 3.05) is 25.5 Å². The molecule has 1 aromatic heterocycles. The van der Waals surface area contributed by atoms with E-state index in [9.17, 15) is 18.0 Å². The van der Waals surface area contributed by atoms with Crippen molar-refractivity contribution in [2.45, 2.75) is 58.8 Å². The van der Waals surface area contributed by atoms with Gasteiger partial charge in [-0.3, -0.25) is 9.59 Å². The number of carbonyl (C=O) groups is 2. The highest BCUT2D eigenvalue weighted by molar-refractivity contribution is 7.89. The lowest BCUT2D eigenvalue weighted by Crippen LogP contribution is -2.37. The molecule has 1 heterocycles. The SMILES string of the molecule is CNC(=O)c1c(NC(=O)c2ccc(S(=O)(=O)N(CC(C)C)CC(C)C)cc2)sc2c1CCC(C)C2. The molecule has 1 unspecified atom stereocenters. The summed E-state index contributed by atoms with van der Waals surface area (Å²) in [6.07, 6.45) is 2.73. The molecule has 0 spiro atoms. The molecule has 1 aliphatic rings. The highest BCUT2D eigenvalue weighted by atomic mass is 32.2. The van der Waals surface area contributed by atoms with Crippen LogP contribution in [0.2, 0.25) is 0 Å². The maximum absolute atomic E-state index is 13.2. The van der Waals surface area contributed by atoms with Gasteiger partial charge in [-0.25, -0.2) is 8.42 Å². The molecule has 9 heteroatoms. The lowest BCUT2D eigenvalue weighted by atomic mass is 9.88. The van der Waals surface area contributed by atoms with E-state index in [2.05, 4.69) is 17.6 Å². The zero-order chi connectivity index (χ0) is 25.9. The molecule has 3 rings (SSSR count). The number of hydrogen-bond acceptors (Lipinski definition) is 5. The van der Waals surface area contributed by atoms with Crippen molar-refractivity contribution in [3.05, 3.63) is 45.8 Å². The Labute approximate surface area is 213 Å². The number of anilines is 1. The van der Waals surface area contributed by atoms with Gasteiger partial charge in [0, 0.05) is 30.6 Å². The fourth-order valence-corrected chi connectivity index (χ4v) is 7.56. The Balaban J connectivity index is 1.84. The average Bonchev–Trinajstić information content (AvgIpc) is 3.14. The van der Waals surface area contributed by atoms with Gasteiger partial charge in [0.1, 0.15) is 5.00 Å². The molecule has 192 valence electrons. The zero-order valence-corrected chi connectivity index (χ0v) is 23.1. The fourth-order valence-electron chi connectivity index (χ4n) is 4.39. The predicted octanol–water partition coefficient (Wildman–Crippen LogP) is 4.79. The summed E-state index contributed by atoms with van der Waals surface area (Å²) in [5.41, 5.74) is 1.91. The minimum absolute atomic E-state index is 0.168. The lowest BCUT2D eigenvalue weighted by molar-refractivity contribution is 0.0963. The van der Waals surface area contributed by atoms with Crippen LogP contribution in [-0.4, -0.2) is 44.7 Å². The maximum atomic E-state index is 13.2. The van der Waals surface area contributed by atoms with E-state index in [0.29, 0.717) is 35.1 Å². The first-order valence-corrected chi connectivity index (χ1v) is 14.5. The quantitative estimate of drug-likeness (QED) is 0.498. The summed E-state index contributed by atoms with van der Waals surface area (Å²) in [7, 11) is -2.08. The first-order chi connectivity index (χ1) is 16.4. The molecular weight excluding hydrogens is 482 g/mol. The molecular formula is C26H37N3O4S2. The van der Waals surface area contributed by atoms with Gasteiger partial charge in [0.05, 0.1) is 10.5 Å². The number of nitrogens with zero attached hydrogens (tertiary/aromatic N) is 1. The molecule has 0 saturated carbocycles. The van der Waals surface area contributed by atoms with Gasteiger partial charge in [0.25, 0.3) is 11.8 Å². The third kappa shape index (κ3) is 6.32. The van der Waals surface area contributed by atoms with E-state index in [1.165, 1.54) is 39.9 Å². The predicted molar refractivity (Wildman–Crippen MR) is 142 cm³/mol. The van der Waals surface area contributed by atoms with Crippen LogP contribution >= 0.6 is 11.3 Å². The van der Waals surface area contributed by atoms with E-state index in [4.69, 9.17) is 0 Å². The van der Waals surface area contributed by atoms with E-state index in [0.717, 1.165) is 29.7 Å². The summed E-state index contributed by atoms with van der Waals surface area (Å²) < 4.78 is 28.0. The van der Waals surface area contributed by atoms with Crippen molar-refractivity contribution >= 4 is 38.2 Å². The van der Waals surface area contributed by atoms with Crippen LogP contribution < -0.4 is 10.6 Å². The second-order valence-electron chi connectivity index (χ2n) is 10.2. The molecule has 2 amide bonds. The van der Waals surface area contributed by atoms with Crippen molar-refractivity contribution in [2.24, 2.45) is 17.8 Å². The highest BCUT2D eigenvalue weighted by Gasteiger charge is 2.29. The van der Waals surface area contributed by atoms with Crippen molar-refractivity contribution in [3.8, 4) is 0 Å². The Kier molecular flexibility index (Phi) is 8.77. The minimum Gasteiger partial charge on any atom is -0.355 e. The van der Waals surface area contributed by atoms with E-state index < -0.39 is 10.0 Å². The van der Waals surface area contributed by atoms with Crippen LogP contribution in [0, 0.1) is 17.8 Å². The topological polar surface area (TPSA) is 95.6 Å². The van der Waals surface area contributed by atoms with Crippen LogP contribution in [0.4, 0.5) is 5.00 Å². The van der Waals surface area contributed by atoms with Crippen LogP contribution in [0.1, 0.15) is 72.2 Å². The summed E-state index contributed by atoms with van der Waals surface area (Å²) in [5.74, 6) is 0.365. The van der Waals surface area contributed by atoms with Gasteiger partial charge in [-0.15, -0.1) is 11.3 Å². The fraction of sp³-hybridized carbons (Fsp3) is 0.538. The lowest BCUT2D eigenvalue weighted by Gasteiger charge is -2.25. The second kappa shape index (κ2) is 11.2. The van der Waals surface area contributed by atoms with Crippen molar-refractivity contribution in [1.82, 2.24) is 9.62 Å². The molecule has 2 N–H and O–H groups in total. The molecule has 0 aliphatic heterocycles. The monoisotopic (exact) mass is 519 g/mol. The Morgan fingerprint density at radius 3 is 2.20 bits per heavy atom. The number of thiophene rings is 1. The van der Waals surface area contributed by atoms with E-state index >= 15 is 0 Å². The Bertz CT molecular complexity index is 1160. The molecule has 0 bridgehead atoms. The van der Waals surface area contributed by atoms with Crippen LogP contribution in [0.3, 0.4) is 0 Å². The summed E-state index contributed by atoms with van der Waals surface area (Å²) in [4.78, 5) is 27.0. The van der Waals surface area contributed by atoms with E-state index in [-0.39, 0.29) is 28.5 Å². The van der Waals surface area contributed by atoms with Gasteiger partial charge in [-0.2, -0.15) is 4.31 Å². The van der Waals surface area contributed by atoms with Crippen molar-refractivity contribution in [1.29, 1.82) is 0 Å². The number of benzene rings is 1. The number of hydrogen-bond donors (Lipinski definition) is 2. The second-order valence-corrected chi connectivity index (χ2v) is 13.3. The first kappa shape index (κ1) is 27.4. The first-order valence-electron chi connectivity index (χ1n) is 12.2. The molecule has 1 atom stereocenters. The highest BCUT2D eigenvalue weighted by Crippen LogP contribution is 2.39. The Morgan fingerprint density at radius 2 is 1.66 bits per heavy atom. The number of amides is 2. The van der Waals surface area contributed by atoms with Gasteiger partial charge in [0.15, 0.2) is 0 Å². The molecule has 2 aromatic rings. The molecule has 0 radical (unpaired) electrons. The number of rotatable bonds is 9. The van der Waals surface area contributed by atoms with Gasteiger partial charge in [-0.05, 0) is 66.8 Å². The zero-order valence-electron chi connectivity index (χ0n) is 21.5. The van der Waals surface area contributed by atoms with Gasteiger partial charge < -0.3 is 10.6 Å².